The lowest BCUT2D eigenvalue weighted by molar-refractivity contribution is -0.0581. The minimum Gasteiger partial charge on any atom is -0.480 e. The zero-order valence-corrected chi connectivity index (χ0v) is 11.5. The van der Waals surface area contributed by atoms with Gasteiger partial charge in [0.2, 0.25) is 5.88 Å². The van der Waals surface area contributed by atoms with Crippen LogP contribution in [-0.4, -0.2) is 34.3 Å². The van der Waals surface area contributed by atoms with E-state index >= 15 is 0 Å². The lowest BCUT2D eigenvalue weighted by atomic mass is 10.1. The van der Waals surface area contributed by atoms with Gasteiger partial charge in [-0.3, -0.25) is 9.59 Å². The zero-order chi connectivity index (χ0) is 15.0. The molecule has 7 nitrogen and oxygen atoms in total. The van der Waals surface area contributed by atoms with Crippen molar-refractivity contribution < 1.29 is 24.0 Å². The van der Waals surface area contributed by atoms with E-state index in [1.807, 2.05) is 0 Å². The molecule has 21 heavy (non-hydrogen) atoms. The molecule has 0 bridgehead atoms. The van der Waals surface area contributed by atoms with Crippen LogP contribution in [0.5, 0.6) is 5.88 Å². The monoisotopic (exact) mass is 304 g/mol. The van der Waals surface area contributed by atoms with Crippen LogP contribution in [-0.2, 0) is 4.84 Å². The fraction of sp³-hybridized carbons (Fsp3) is 0.0769. The smallest absolute Gasteiger partial charge is 0.375 e. The van der Waals surface area contributed by atoms with Crippen molar-refractivity contribution in [1.82, 2.24) is 9.44 Å². The molecular weight excluding hydrogens is 296 g/mol. The van der Waals surface area contributed by atoms with E-state index in [0.717, 1.165) is 11.5 Å². The molecule has 2 amide bonds. The van der Waals surface area contributed by atoms with Crippen molar-refractivity contribution in [2.24, 2.45) is 0 Å². The van der Waals surface area contributed by atoms with Gasteiger partial charge in [-0.2, -0.15) is 4.37 Å². The number of fused-ring (bicyclic) bond motifs is 1. The summed E-state index contributed by atoms with van der Waals surface area (Å²) in [5, 5.41) is 0.458. The third-order valence-corrected chi connectivity index (χ3v) is 3.58. The van der Waals surface area contributed by atoms with Gasteiger partial charge in [0.1, 0.15) is 4.88 Å². The number of carbonyl (C=O) groups excluding carboxylic acids is 3. The Morgan fingerprint density at radius 1 is 1.19 bits per heavy atom. The van der Waals surface area contributed by atoms with E-state index in [0.29, 0.717) is 5.06 Å². The van der Waals surface area contributed by atoms with E-state index in [1.54, 1.807) is 12.1 Å². The summed E-state index contributed by atoms with van der Waals surface area (Å²) in [4.78, 5) is 41.0. The molecule has 0 spiro atoms. The van der Waals surface area contributed by atoms with Crippen molar-refractivity contribution in [2.45, 2.75) is 0 Å². The van der Waals surface area contributed by atoms with Crippen LogP contribution in [0.1, 0.15) is 30.4 Å². The fourth-order valence-corrected chi connectivity index (χ4v) is 2.41. The van der Waals surface area contributed by atoms with Crippen LogP contribution >= 0.6 is 11.5 Å². The maximum Gasteiger partial charge on any atom is 0.375 e. The fourth-order valence-electron chi connectivity index (χ4n) is 1.83. The molecule has 0 saturated carbocycles. The van der Waals surface area contributed by atoms with Crippen LogP contribution in [0.15, 0.2) is 30.3 Å². The number of amides is 2. The molecule has 0 N–H and O–H groups in total. The lowest BCUT2D eigenvalue weighted by Crippen LogP contribution is -2.32. The van der Waals surface area contributed by atoms with Crippen molar-refractivity contribution >= 4 is 29.3 Å². The molecule has 8 heteroatoms. The minimum atomic E-state index is -0.842. The molecule has 0 unspecified atom stereocenters. The highest BCUT2D eigenvalue weighted by atomic mass is 32.1. The second-order valence-electron chi connectivity index (χ2n) is 4.06. The van der Waals surface area contributed by atoms with E-state index in [2.05, 4.69) is 4.37 Å². The Hall–Kier alpha value is -2.74. The molecule has 0 radical (unpaired) electrons. The van der Waals surface area contributed by atoms with Crippen molar-refractivity contribution in [3.63, 3.8) is 0 Å². The molecule has 1 aliphatic heterocycles. The molecule has 1 aromatic carbocycles. The Balaban J connectivity index is 1.82. The maximum atomic E-state index is 12.0. The third kappa shape index (κ3) is 2.15. The Kier molecular flexibility index (Phi) is 3.15. The summed E-state index contributed by atoms with van der Waals surface area (Å²) in [5.74, 6) is -1.92. The molecular formula is C13H8N2O5S. The highest BCUT2D eigenvalue weighted by molar-refractivity contribution is 7.08. The van der Waals surface area contributed by atoms with Crippen LogP contribution < -0.4 is 4.74 Å². The summed E-state index contributed by atoms with van der Waals surface area (Å²) in [6.45, 7) is 0. The van der Waals surface area contributed by atoms with Crippen molar-refractivity contribution in [2.75, 3.05) is 7.11 Å². The number of ether oxygens (including phenoxy) is 1. The Bertz CT molecular complexity index is 720. The number of aromatic nitrogens is 1. The number of methoxy groups -OCH3 is 1. The summed E-state index contributed by atoms with van der Waals surface area (Å²) >= 11 is 0.853. The number of nitrogens with zero attached hydrogens (tertiary/aromatic N) is 2. The van der Waals surface area contributed by atoms with Crippen molar-refractivity contribution in [1.29, 1.82) is 0 Å². The second kappa shape index (κ2) is 4.98. The molecule has 1 aliphatic rings. The highest BCUT2D eigenvalue weighted by Crippen LogP contribution is 2.24. The number of benzene rings is 1. The average Bonchev–Trinajstić information content (AvgIpc) is 3.07. The standard InChI is InChI=1S/C13H8N2O5S/c1-19-10-6-9(21-14-10)13(18)20-15-11(16)7-4-2-3-5-8(7)12(15)17/h2-6H,1H3. The van der Waals surface area contributed by atoms with Gasteiger partial charge in [-0.15, -0.1) is 0 Å². The van der Waals surface area contributed by atoms with E-state index in [-0.39, 0.29) is 21.9 Å². The first-order valence-corrected chi connectivity index (χ1v) is 6.60. The zero-order valence-electron chi connectivity index (χ0n) is 10.7. The van der Waals surface area contributed by atoms with E-state index in [1.165, 1.54) is 25.3 Å². The summed E-state index contributed by atoms with van der Waals surface area (Å²) in [6.07, 6.45) is 0. The molecule has 3 rings (SSSR count). The highest BCUT2D eigenvalue weighted by Gasteiger charge is 2.39. The van der Waals surface area contributed by atoms with Crippen LogP contribution in [0.4, 0.5) is 0 Å². The Labute approximate surface area is 122 Å². The van der Waals surface area contributed by atoms with Gasteiger partial charge >= 0.3 is 5.97 Å². The predicted molar refractivity (Wildman–Crippen MR) is 71.0 cm³/mol. The number of hydrogen-bond donors (Lipinski definition) is 0. The van der Waals surface area contributed by atoms with E-state index in [9.17, 15) is 14.4 Å². The van der Waals surface area contributed by atoms with Gasteiger partial charge in [0.15, 0.2) is 0 Å². The molecule has 0 atom stereocenters. The van der Waals surface area contributed by atoms with Gasteiger partial charge in [0.05, 0.1) is 18.2 Å². The summed E-state index contributed by atoms with van der Waals surface area (Å²) in [7, 11) is 1.41. The SMILES string of the molecule is COc1cc(C(=O)ON2C(=O)c3ccccc3C2=O)sn1. The van der Waals surface area contributed by atoms with Gasteiger partial charge in [0.25, 0.3) is 11.8 Å². The summed E-state index contributed by atoms with van der Waals surface area (Å²) in [5.41, 5.74) is 0.411. The van der Waals surface area contributed by atoms with Gasteiger partial charge < -0.3 is 9.57 Å². The first-order valence-electron chi connectivity index (χ1n) is 5.82. The normalized spacial score (nSPS) is 13.3. The average molecular weight is 304 g/mol. The number of hydrogen-bond acceptors (Lipinski definition) is 7. The van der Waals surface area contributed by atoms with Crippen LogP contribution in [0.3, 0.4) is 0 Å². The van der Waals surface area contributed by atoms with Crippen molar-refractivity contribution in [3.05, 3.63) is 46.3 Å². The molecule has 1 aromatic heterocycles. The van der Waals surface area contributed by atoms with Crippen LogP contribution in [0.2, 0.25) is 0 Å². The minimum absolute atomic E-state index is 0.128. The molecule has 0 fully saturated rings. The largest absolute Gasteiger partial charge is 0.480 e. The Morgan fingerprint density at radius 3 is 2.33 bits per heavy atom. The molecule has 2 aromatic rings. The number of imide groups is 1. The summed E-state index contributed by atoms with van der Waals surface area (Å²) < 4.78 is 8.69. The quantitative estimate of drug-likeness (QED) is 0.799. The summed E-state index contributed by atoms with van der Waals surface area (Å²) in [6, 6.07) is 7.62. The van der Waals surface area contributed by atoms with Crippen LogP contribution in [0, 0.1) is 0 Å². The molecule has 0 saturated heterocycles. The topological polar surface area (TPSA) is 85.8 Å². The molecule has 2 heterocycles. The number of hydroxylamine groups is 2. The van der Waals surface area contributed by atoms with Gasteiger partial charge in [-0.25, -0.2) is 4.79 Å². The first-order chi connectivity index (χ1) is 10.1. The van der Waals surface area contributed by atoms with Gasteiger partial charge in [0, 0.05) is 6.07 Å². The number of carbonyl (C=O) groups is 3. The Morgan fingerprint density at radius 2 is 1.81 bits per heavy atom. The number of rotatable bonds is 3. The second-order valence-corrected chi connectivity index (χ2v) is 4.87. The molecule has 0 aliphatic carbocycles. The third-order valence-electron chi connectivity index (χ3n) is 2.83. The van der Waals surface area contributed by atoms with E-state index in [4.69, 9.17) is 9.57 Å². The molecule has 106 valence electrons. The van der Waals surface area contributed by atoms with Crippen LogP contribution in [0.25, 0.3) is 0 Å². The van der Waals surface area contributed by atoms with Crippen molar-refractivity contribution in [3.8, 4) is 5.88 Å². The first kappa shape index (κ1) is 13.3. The van der Waals surface area contributed by atoms with E-state index < -0.39 is 17.8 Å². The van der Waals surface area contributed by atoms with Gasteiger partial charge in [-0.1, -0.05) is 17.2 Å². The predicted octanol–water partition coefficient (Wildman–Crippen LogP) is 1.52. The maximum absolute atomic E-state index is 12.0. The lowest BCUT2D eigenvalue weighted by Gasteiger charge is -2.11. The van der Waals surface area contributed by atoms with Gasteiger partial charge in [-0.05, 0) is 23.7 Å².